The lowest BCUT2D eigenvalue weighted by Crippen LogP contribution is -2.30. The van der Waals surface area contributed by atoms with Gasteiger partial charge in [-0.15, -0.1) is 0 Å². The van der Waals surface area contributed by atoms with E-state index in [0.29, 0.717) is 16.9 Å². The molecule has 0 fully saturated rings. The number of benzene rings is 4. The van der Waals surface area contributed by atoms with E-state index in [0.717, 1.165) is 22.3 Å². The van der Waals surface area contributed by atoms with Gasteiger partial charge in [0, 0.05) is 5.69 Å². The monoisotopic (exact) mass is 460 g/mol. The molecule has 1 N–H and O–H groups in total. The number of rotatable bonds is 5. The molecule has 5 heteroatoms. The number of fused-ring (bicyclic) bond motifs is 1. The van der Waals surface area contributed by atoms with Crippen molar-refractivity contribution in [1.82, 2.24) is 0 Å². The number of nitrogens with one attached hydrogen (secondary N) is 1. The van der Waals surface area contributed by atoms with Crippen LogP contribution in [0.2, 0.25) is 0 Å². The Hall–Kier alpha value is -4.51. The summed E-state index contributed by atoms with van der Waals surface area (Å²) < 4.78 is 0. The van der Waals surface area contributed by atoms with Gasteiger partial charge in [-0.3, -0.25) is 14.4 Å². The largest absolute Gasteiger partial charge is 0.325 e. The molecule has 0 spiro atoms. The minimum atomic E-state index is -0.519. The molecule has 0 aliphatic carbocycles. The zero-order valence-electron chi connectivity index (χ0n) is 19.5. The average Bonchev–Trinajstić information content (AvgIpc) is 3.11. The Kier molecular flexibility index (Phi) is 5.75. The van der Waals surface area contributed by atoms with E-state index in [2.05, 4.69) is 5.32 Å². The lowest BCUT2D eigenvalue weighted by atomic mass is 9.90. The SMILES string of the molecule is Cc1cccc(N2C(=O)c3ccc(NC(=O)C(c4ccccc4)c4ccccc4)cc3C2=O)c1C. The molecule has 4 aromatic carbocycles. The van der Waals surface area contributed by atoms with Crippen LogP contribution in [0, 0.1) is 13.8 Å². The number of hydrogen-bond donors (Lipinski definition) is 1. The van der Waals surface area contributed by atoms with E-state index < -0.39 is 11.8 Å². The molecule has 3 amide bonds. The third-order valence-electron chi connectivity index (χ3n) is 6.50. The van der Waals surface area contributed by atoms with Crippen molar-refractivity contribution in [3.63, 3.8) is 0 Å². The van der Waals surface area contributed by atoms with Gasteiger partial charge in [0.1, 0.15) is 0 Å². The molecular weight excluding hydrogens is 436 g/mol. The quantitative estimate of drug-likeness (QED) is 0.379. The van der Waals surface area contributed by atoms with Crippen LogP contribution >= 0.6 is 0 Å². The fourth-order valence-electron chi connectivity index (χ4n) is 4.52. The number of amides is 3. The maximum absolute atomic E-state index is 13.5. The van der Waals surface area contributed by atoms with Gasteiger partial charge < -0.3 is 5.32 Å². The van der Waals surface area contributed by atoms with Crippen LogP contribution in [0.15, 0.2) is 97.1 Å². The van der Waals surface area contributed by atoms with E-state index in [4.69, 9.17) is 0 Å². The van der Waals surface area contributed by atoms with E-state index in [1.165, 1.54) is 4.90 Å². The van der Waals surface area contributed by atoms with Crippen LogP contribution < -0.4 is 10.2 Å². The Morgan fingerprint density at radius 3 is 1.94 bits per heavy atom. The molecule has 35 heavy (non-hydrogen) atoms. The lowest BCUT2D eigenvalue weighted by molar-refractivity contribution is -0.116. The molecule has 0 radical (unpaired) electrons. The van der Waals surface area contributed by atoms with Gasteiger partial charge in [0.25, 0.3) is 11.8 Å². The van der Waals surface area contributed by atoms with Gasteiger partial charge in [0.15, 0.2) is 0 Å². The van der Waals surface area contributed by atoms with Gasteiger partial charge >= 0.3 is 0 Å². The maximum atomic E-state index is 13.5. The predicted octanol–water partition coefficient (Wildman–Crippen LogP) is 5.87. The van der Waals surface area contributed by atoms with Crippen molar-refractivity contribution in [1.29, 1.82) is 0 Å². The fourth-order valence-corrected chi connectivity index (χ4v) is 4.52. The molecule has 5 rings (SSSR count). The smallest absolute Gasteiger partial charge is 0.266 e. The topological polar surface area (TPSA) is 66.5 Å². The van der Waals surface area contributed by atoms with Crippen molar-refractivity contribution in [3.8, 4) is 0 Å². The van der Waals surface area contributed by atoms with Gasteiger partial charge in [0.05, 0.1) is 22.7 Å². The maximum Gasteiger partial charge on any atom is 0.266 e. The first-order chi connectivity index (χ1) is 17.0. The summed E-state index contributed by atoms with van der Waals surface area (Å²) in [6.45, 7) is 3.84. The Labute approximate surface area is 204 Å². The summed E-state index contributed by atoms with van der Waals surface area (Å²) in [6, 6.07) is 29.5. The lowest BCUT2D eigenvalue weighted by Gasteiger charge is -2.18. The molecular formula is C30H24N2O3. The minimum absolute atomic E-state index is 0.217. The summed E-state index contributed by atoms with van der Waals surface area (Å²) in [5.74, 6) is -1.49. The van der Waals surface area contributed by atoms with Crippen LogP contribution in [0.1, 0.15) is 48.9 Å². The Morgan fingerprint density at radius 1 is 0.714 bits per heavy atom. The molecule has 172 valence electrons. The van der Waals surface area contributed by atoms with Crippen LogP contribution in [0.4, 0.5) is 11.4 Å². The molecule has 1 heterocycles. The third-order valence-corrected chi connectivity index (χ3v) is 6.50. The van der Waals surface area contributed by atoms with E-state index in [-0.39, 0.29) is 17.4 Å². The van der Waals surface area contributed by atoms with Crippen molar-refractivity contribution in [2.45, 2.75) is 19.8 Å². The molecule has 0 saturated carbocycles. The highest BCUT2D eigenvalue weighted by atomic mass is 16.2. The summed E-state index contributed by atoms with van der Waals surface area (Å²) in [5, 5.41) is 2.96. The van der Waals surface area contributed by atoms with Crippen LogP contribution in [0.25, 0.3) is 0 Å². The zero-order chi connectivity index (χ0) is 24.5. The number of imide groups is 1. The number of hydrogen-bond acceptors (Lipinski definition) is 3. The van der Waals surface area contributed by atoms with Crippen molar-refractivity contribution in [2.24, 2.45) is 0 Å². The summed E-state index contributed by atoms with van der Waals surface area (Å²) in [7, 11) is 0. The Morgan fingerprint density at radius 2 is 1.31 bits per heavy atom. The normalized spacial score (nSPS) is 12.7. The highest BCUT2D eigenvalue weighted by Crippen LogP contribution is 2.33. The van der Waals surface area contributed by atoms with Gasteiger partial charge in [-0.25, -0.2) is 4.90 Å². The number of nitrogens with zero attached hydrogens (tertiary/aromatic N) is 1. The summed E-state index contributed by atoms with van der Waals surface area (Å²) in [5.41, 5.74) is 5.27. The second-order valence-corrected chi connectivity index (χ2v) is 8.67. The molecule has 0 aromatic heterocycles. The molecule has 0 unspecified atom stereocenters. The average molecular weight is 461 g/mol. The Balaban J connectivity index is 1.46. The first-order valence-electron chi connectivity index (χ1n) is 11.5. The first kappa shape index (κ1) is 22.3. The minimum Gasteiger partial charge on any atom is -0.325 e. The van der Waals surface area contributed by atoms with E-state index in [1.807, 2.05) is 86.6 Å². The molecule has 0 saturated heterocycles. The van der Waals surface area contributed by atoms with Crippen LogP contribution in [0.5, 0.6) is 0 Å². The molecule has 0 atom stereocenters. The number of carbonyl (C=O) groups excluding carboxylic acids is 3. The highest BCUT2D eigenvalue weighted by Gasteiger charge is 2.37. The number of anilines is 2. The predicted molar refractivity (Wildman–Crippen MR) is 137 cm³/mol. The van der Waals surface area contributed by atoms with Gasteiger partial charge in [-0.2, -0.15) is 0 Å². The summed E-state index contributed by atoms with van der Waals surface area (Å²) in [4.78, 5) is 41.1. The molecule has 5 nitrogen and oxygen atoms in total. The van der Waals surface area contributed by atoms with E-state index in [9.17, 15) is 14.4 Å². The highest BCUT2D eigenvalue weighted by molar-refractivity contribution is 6.35. The Bertz CT molecular complexity index is 1410. The summed E-state index contributed by atoms with van der Waals surface area (Å²) >= 11 is 0. The van der Waals surface area contributed by atoms with E-state index >= 15 is 0 Å². The van der Waals surface area contributed by atoms with E-state index in [1.54, 1.807) is 24.3 Å². The third kappa shape index (κ3) is 4.02. The molecule has 4 aromatic rings. The van der Waals surface area contributed by atoms with Crippen molar-refractivity contribution in [2.75, 3.05) is 10.2 Å². The van der Waals surface area contributed by atoms with Gasteiger partial charge in [-0.05, 0) is 60.4 Å². The van der Waals surface area contributed by atoms with Crippen LogP contribution in [-0.4, -0.2) is 17.7 Å². The first-order valence-corrected chi connectivity index (χ1v) is 11.5. The molecule has 0 bridgehead atoms. The summed E-state index contributed by atoms with van der Waals surface area (Å²) in [6.07, 6.45) is 0. The standard InChI is InChI=1S/C30H24N2O3/c1-19-10-9-15-26(20(19)2)32-29(34)24-17-16-23(18-25(24)30(32)35)31-28(33)27(21-11-5-3-6-12-21)22-13-7-4-8-14-22/h3-18,27H,1-2H3,(H,31,33). The van der Waals surface area contributed by atoms with Crippen LogP contribution in [0.3, 0.4) is 0 Å². The zero-order valence-corrected chi connectivity index (χ0v) is 19.5. The second kappa shape index (κ2) is 9.03. The van der Waals surface area contributed by atoms with Gasteiger partial charge in [-0.1, -0.05) is 72.8 Å². The van der Waals surface area contributed by atoms with Crippen molar-refractivity contribution >= 4 is 29.1 Å². The van der Waals surface area contributed by atoms with Crippen LogP contribution in [-0.2, 0) is 4.79 Å². The van der Waals surface area contributed by atoms with Crippen molar-refractivity contribution < 1.29 is 14.4 Å². The fraction of sp³-hybridized carbons (Fsp3) is 0.100. The molecule has 1 aliphatic rings. The number of aryl methyl sites for hydroxylation is 1. The second-order valence-electron chi connectivity index (χ2n) is 8.67. The van der Waals surface area contributed by atoms with Crippen molar-refractivity contribution in [3.05, 3.63) is 130 Å². The molecule has 1 aliphatic heterocycles. The van der Waals surface area contributed by atoms with Gasteiger partial charge in [0.2, 0.25) is 5.91 Å². The number of carbonyl (C=O) groups is 3.